The lowest BCUT2D eigenvalue weighted by Gasteiger charge is -2.38. The Bertz CT molecular complexity index is 1720. The number of ether oxygens (including phenoxy) is 2. The number of aromatic nitrogens is 3. The van der Waals surface area contributed by atoms with E-state index in [0.717, 1.165) is 59.2 Å². The number of H-pyrrole nitrogens is 1. The van der Waals surface area contributed by atoms with Crippen molar-refractivity contribution >= 4 is 39.9 Å². The molecule has 2 amide bonds. The van der Waals surface area contributed by atoms with Crippen LogP contribution in [0.15, 0.2) is 48.5 Å². The molecule has 4 atom stereocenters. The number of nitrogens with one attached hydrogen (secondary N) is 3. The van der Waals surface area contributed by atoms with Crippen LogP contribution < -0.4 is 20.1 Å². The number of pyridine rings is 1. The minimum atomic E-state index is -0.569. The lowest BCUT2D eigenvalue weighted by molar-refractivity contribution is -0.118. The van der Waals surface area contributed by atoms with Gasteiger partial charge in [0.15, 0.2) is 5.82 Å². The van der Waals surface area contributed by atoms with Crippen molar-refractivity contribution in [2.75, 3.05) is 24.9 Å². The van der Waals surface area contributed by atoms with Gasteiger partial charge in [-0.1, -0.05) is 6.07 Å². The van der Waals surface area contributed by atoms with E-state index in [0.29, 0.717) is 23.1 Å². The standard InChI is InChI=1S/C32H34N6O4/c1-17-6-5-7-18(2)38(17)30(39)26-13-12-25(29(34-26)42-4)33-28-21-10-8-19(14-27(21)36-37-28)23-16-32(23)22-15-20(41-3)9-11-24(22)35-31(32)40/h8-15,17-18,23H,5-7,16H2,1-4H3,(H,35,40)(H2,33,36,37)/t17-,18+,23-,32-/m0/s1. The van der Waals surface area contributed by atoms with Crippen molar-refractivity contribution in [3.63, 3.8) is 0 Å². The van der Waals surface area contributed by atoms with E-state index in [4.69, 9.17) is 9.47 Å². The number of amides is 2. The Morgan fingerprint density at radius 2 is 1.86 bits per heavy atom. The summed E-state index contributed by atoms with van der Waals surface area (Å²) in [5, 5.41) is 14.9. The van der Waals surface area contributed by atoms with Crippen molar-refractivity contribution < 1.29 is 19.1 Å². The predicted octanol–water partition coefficient (Wildman–Crippen LogP) is 5.50. The van der Waals surface area contributed by atoms with Gasteiger partial charge in [-0.2, -0.15) is 5.10 Å². The SMILES string of the molecule is COc1ccc2c(c1)[C@]1(C[C@H]1c1ccc3c(Nc4ccc(C(=O)N5[C@H](C)CCC[C@@H]5C)nc4OC)n[nH]c3c1)C(=O)N2. The highest BCUT2D eigenvalue weighted by Crippen LogP contribution is 2.65. The zero-order valence-electron chi connectivity index (χ0n) is 24.2. The van der Waals surface area contributed by atoms with Crippen LogP contribution in [-0.4, -0.2) is 58.2 Å². The van der Waals surface area contributed by atoms with Gasteiger partial charge in [0.05, 0.1) is 25.2 Å². The van der Waals surface area contributed by atoms with Crippen molar-refractivity contribution in [2.24, 2.45) is 0 Å². The summed E-state index contributed by atoms with van der Waals surface area (Å²) in [5.74, 6) is 1.71. The number of hydrogen-bond acceptors (Lipinski definition) is 7. The molecule has 2 fully saturated rings. The van der Waals surface area contributed by atoms with Crippen molar-refractivity contribution in [2.45, 2.75) is 62.9 Å². The van der Waals surface area contributed by atoms with Crippen LogP contribution in [0.4, 0.5) is 17.2 Å². The van der Waals surface area contributed by atoms with E-state index in [1.54, 1.807) is 20.3 Å². The number of aromatic amines is 1. The third-order valence-electron chi connectivity index (χ3n) is 9.26. The van der Waals surface area contributed by atoms with Crippen LogP contribution in [-0.2, 0) is 10.2 Å². The highest BCUT2D eigenvalue weighted by atomic mass is 16.5. The van der Waals surface area contributed by atoms with Crippen molar-refractivity contribution in [1.82, 2.24) is 20.1 Å². The molecule has 2 aromatic carbocycles. The second kappa shape index (κ2) is 9.75. The van der Waals surface area contributed by atoms with Crippen molar-refractivity contribution in [3.05, 3.63) is 65.4 Å². The molecule has 42 heavy (non-hydrogen) atoms. The lowest BCUT2D eigenvalue weighted by Crippen LogP contribution is -2.47. The monoisotopic (exact) mass is 566 g/mol. The average molecular weight is 567 g/mol. The van der Waals surface area contributed by atoms with E-state index in [-0.39, 0.29) is 29.8 Å². The Morgan fingerprint density at radius 3 is 2.62 bits per heavy atom. The third-order valence-corrected chi connectivity index (χ3v) is 9.26. The Hall–Kier alpha value is -4.60. The number of benzene rings is 2. The fourth-order valence-electron chi connectivity index (χ4n) is 6.94. The van der Waals surface area contributed by atoms with Gasteiger partial charge in [0, 0.05) is 29.1 Å². The molecule has 0 unspecified atom stereocenters. The highest BCUT2D eigenvalue weighted by molar-refractivity contribution is 6.10. The Balaban J connectivity index is 1.13. The molecule has 2 aromatic heterocycles. The third kappa shape index (κ3) is 4.00. The van der Waals surface area contributed by atoms with Crippen molar-refractivity contribution in [1.29, 1.82) is 0 Å². The average Bonchev–Trinajstić information content (AvgIpc) is 3.55. The van der Waals surface area contributed by atoms with E-state index in [2.05, 4.69) is 51.8 Å². The van der Waals surface area contributed by atoms with Gasteiger partial charge < -0.3 is 25.0 Å². The molecular weight excluding hydrogens is 532 g/mol. The second-order valence-electron chi connectivity index (χ2n) is 11.7. The number of carbonyl (C=O) groups excluding carboxylic acids is 2. The fraction of sp³-hybridized carbons (Fsp3) is 0.375. The van der Waals surface area contributed by atoms with Gasteiger partial charge in [0.2, 0.25) is 11.8 Å². The fourth-order valence-corrected chi connectivity index (χ4v) is 6.94. The maximum atomic E-state index is 13.3. The van der Waals surface area contributed by atoms with Crippen molar-refractivity contribution in [3.8, 4) is 11.6 Å². The number of nitrogens with zero attached hydrogens (tertiary/aromatic N) is 3. The first kappa shape index (κ1) is 26.3. The van der Waals surface area contributed by atoms with Crippen LogP contribution >= 0.6 is 0 Å². The van der Waals surface area contributed by atoms with Gasteiger partial charge in [-0.25, -0.2) is 4.98 Å². The maximum Gasteiger partial charge on any atom is 0.273 e. The van der Waals surface area contributed by atoms with E-state index in [9.17, 15) is 9.59 Å². The van der Waals surface area contributed by atoms with Crippen LogP contribution in [0.2, 0.25) is 0 Å². The van der Waals surface area contributed by atoms with E-state index < -0.39 is 5.41 Å². The molecule has 0 radical (unpaired) electrons. The van der Waals surface area contributed by atoms with Gasteiger partial charge in [0.25, 0.3) is 5.91 Å². The molecule has 1 saturated carbocycles. The maximum absolute atomic E-state index is 13.3. The number of hydrogen-bond donors (Lipinski definition) is 3. The molecule has 2 aliphatic heterocycles. The zero-order valence-corrected chi connectivity index (χ0v) is 24.2. The molecule has 4 aromatic rings. The van der Waals surface area contributed by atoms with Gasteiger partial charge in [-0.3, -0.25) is 14.7 Å². The minimum absolute atomic E-state index is 0.0357. The molecule has 10 heteroatoms. The van der Waals surface area contributed by atoms with E-state index >= 15 is 0 Å². The van der Waals surface area contributed by atoms with Crippen LogP contribution in [0.1, 0.15) is 67.1 Å². The number of methoxy groups -OCH3 is 2. The Kier molecular flexibility index (Phi) is 6.11. The van der Waals surface area contributed by atoms with Crippen LogP contribution in [0.5, 0.6) is 11.6 Å². The molecule has 0 bridgehead atoms. The first-order chi connectivity index (χ1) is 20.3. The van der Waals surface area contributed by atoms with Gasteiger partial charge in [0.1, 0.15) is 17.1 Å². The van der Waals surface area contributed by atoms with E-state index in [1.165, 1.54) is 0 Å². The molecule has 1 spiro atoms. The van der Waals surface area contributed by atoms with Gasteiger partial charge in [-0.05, 0) is 93.1 Å². The number of fused-ring (bicyclic) bond motifs is 3. The Labute approximate surface area is 243 Å². The van der Waals surface area contributed by atoms with Crippen LogP contribution in [0, 0.1) is 0 Å². The largest absolute Gasteiger partial charge is 0.497 e. The molecule has 1 saturated heterocycles. The number of rotatable bonds is 6. The molecule has 216 valence electrons. The number of likely N-dealkylation sites (tertiary alicyclic amines) is 1. The summed E-state index contributed by atoms with van der Waals surface area (Å²) < 4.78 is 11.0. The summed E-state index contributed by atoms with van der Waals surface area (Å²) in [6.07, 6.45) is 3.87. The molecule has 1 aliphatic carbocycles. The van der Waals surface area contributed by atoms with E-state index in [1.807, 2.05) is 35.2 Å². The number of anilines is 3. The first-order valence-corrected chi connectivity index (χ1v) is 14.5. The lowest BCUT2D eigenvalue weighted by atomic mass is 9.91. The molecule has 10 nitrogen and oxygen atoms in total. The summed E-state index contributed by atoms with van der Waals surface area (Å²) in [5.41, 5.74) is 4.19. The molecule has 7 rings (SSSR count). The summed E-state index contributed by atoms with van der Waals surface area (Å²) in [7, 11) is 3.18. The first-order valence-electron chi connectivity index (χ1n) is 14.5. The molecule has 4 heterocycles. The second-order valence-corrected chi connectivity index (χ2v) is 11.7. The minimum Gasteiger partial charge on any atom is -0.497 e. The Morgan fingerprint density at radius 1 is 1.05 bits per heavy atom. The molecule has 3 N–H and O–H groups in total. The smallest absolute Gasteiger partial charge is 0.273 e. The van der Waals surface area contributed by atoms with Crippen LogP contribution in [0.25, 0.3) is 10.9 Å². The summed E-state index contributed by atoms with van der Waals surface area (Å²) >= 11 is 0. The number of piperidine rings is 1. The normalized spacial score (nSPS) is 24.4. The topological polar surface area (TPSA) is 121 Å². The quantitative estimate of drug-likeness (QED) is 0.282. The summed E-state index contributed by atoms with van der Waals surface area (Å²) in [6, 6.07) is 15.8. The predicted molar refractivity (Wildman–Crippen MR) is 160 cm³/mol. The number of carbonyl (C=O) groups is 2. The zero-order chi connectivity index (χ0) is 29.2. The molecule has 3 aliphatic rings. The van der Waals surface area contributed by atoms with Crippen LogP contribution in [0.3, 0.4) is 0 Å². The summed E-state index contributed by atoms with van der Waals surface area (Å²) in [6.45, 7) is 4.19. The summed E-state index contributed by atoms with van der Waals surface area (Å²) in [4.78, 5) is 32.9. The van der Waals surface area contributed by atoms with Gasteiger partial charge >= 0.3 is 0 Å². The molecular formula is C32H34N6O4. The van der Waals surface area contributed by atoms with Gasteiger partial charge in [-0.15, -0.1) is 0 Å². The highest BCUT2D eigenvalue weighted by Gasteiger charge is 2.65.